The number of rotatable bonds is 5. The first-order chi connectivity index (χ1) is 11.5. The summed E-state index contributed by atoms with van der Waals surface area (Å²) in [6.45, 7) is 0.694. The normalized spacial score (nSPS) is 18.5. The van der Waals surface area contributed by atoms with Crippen molar-refractivity contribution in [2.24, 2.45) is 0 Å². The van der Waals surface area contributed by atoms with E-state index in [2.05, 4.69) is 15.2 Å². The van der Waals surface area contributed by atoms with Gasteiger partial charge in [0.1, 0.15) is 11.0 Å². The third-order valence-electron chi connectivity index (χ3n) is 3.75. The van der Waals surface area contributed by atoms with Crippen molar-refractivity contribution in [3.63, 3.8) is 0 Å². The molecule has 0 saturated carbocycles. The molecule has 1 aliphatic heterocycles. The summed E-state index contributed by atoms with van der Waals surface area (Å²) < 4.78 is 32.3. The standard InChI is InChI=1S/C15H19N5O3S/c1-19(2)14-5-6-15(18-17-14)23-12-7-9-20(11-12)24(21,22)13-4-3-8-16-10-13/h3-6,8,10,12H,7,9,11H2,1-2H3/t12-/m0/s1. The van der Waals surface area contributed by atoms with Gasteiger partial charge in [-0.05, 0) is 24.6 Å². The van der Waals surface area contributed by atoms with E-state index < -0.39 is 10.0 Å². The molecule has 0 unspecified atom stereocenters. The van der Waals surface area contributed by atoms with Crippen molar-refractivity contribution in [2.75, 3.05) is 32.1 Å². The van der Waals surface area contributed by atoms with E-state index in [1.807, 2.05) is 19.0 Å². The third-order valence-corrected chi connectivity index (χ3v) is 5.60. The van der Waals surface area contributed by atoms with Crippen molar-refractivity contribution in [3.8, 4) is 5.88 Å². The Morgan fingerprint density at radius 2 is 2.08 bits per heavy atom. The van der Waals surface area contributed by atoms with Gasteiger partial charge in [-0.15, -0.1) is 10.2 Å². The molecule has 0 N–H and O–H groups in total. The molecule has 1 aliphatic rings. The number of pyridine rings is 1. The summed E-state index contributed by atoms with van der Waals surface area (Å²) in [6, 6.07) is 6.70. The molecule has 24 heavy (non-hydrogen) atoms. The highest BCUT2D eigenvalue weighted by Crippen LogP contribution is 2.23. The molecule has 3 rings (SSSR count). The zero-order chi connectivity index (χ0) is 17.2. The van der Waals surface area contributed by atoms with Gasteiger partial charge in [0, 0.05) is 39.1 Å². The minimum absolute atomic E-state index is 0.195. The van der Waals surface area contributed by atoms with Gasteiger partial charge in [-0.3, -0.25) is 4.98 Å². The molecule has 1 saturated heterocycles. The molecule has 0 amide bonds. The Kier molecular flexibility index (Phi) is 4.63. The van der Waals surface area contributed by atoms with Gasteiger partial charge in [0.05, 0.1) is 6.54 Å². The van der Waals surface area contributed by atoms with Crippen LogP contribution in [0.3, 0.4) is 0 Å². The number of sulfonamides is 1. The maximum absolute atomic E-state index is 12.5. The van der Waals surface area contributed by atoms with Gasteiger partial charge < -0.3 is 9.64 Å². The second-order valence-electron chi connectivity index (χ2n) is 5.70. The zero-order valence-electron chi connectivity index (χ0n) is 13.5. The number of ether oxygens (including phenoxy) is 1. The van der Waals surface area contributed by atoms with Gasteiger partial charge in [0.2, 0.25) is 15.9 Å². The van der Waals surface area contributed by atoms with Gasteiger partial charge >= 0.3 is 0 Å². The van der Waals surface area contributed by atoms with Crippen molar-refractivity contribution < 1.29 is 13.2 Å². The molecule has 128 valence electrons. The van der Waals surface area contributed by atoms with E-state index in [1.165, 1.54) is 10.5 Å². The first-order valence-electron chi connectivity index (χ1n) is 7.55. The summed E-state index contributed by atoms with van der Waals surface area (Å²) in [5.41, 5.74) is 0. The van der Waals surface area contributed by atoms with E-state index in [1.54, 1.807) is 30.5 Å². The van der Waals surface area contributed by atoms with Gasteiger partial charge in [-0.1, -0.05) is 0 Å². The minimum Gasteiger partial charge on any atom is -0.472 e. The zero-order valence-corrected chi connectivity index (χ0v) is 14.3. The molecular formula is C15H19N5O3S. The van der Waals surface area contributed by atoms with E-state index in [4.69, 9.17) is 4.74 Å². The SMILES string of the molecule is CN(C)c1ccc(O[C@H]2CCN(S(=O)(=O)c3cccnc3)C2)nn1. The van der Waals surface area contributed by atoms with Crippen LogP contribution in [0.2, 0.25) is 0 Å². The van der Waals surface area contributed by atoms with Gasteiger partial charge in [-0.25, -0.2) is 8.42 Å². The topological polar surface area (TPSA) is 88.5 Å². The van der Waals surface area contributed by atoms with E-state index in [0.29, 0.717) is 18.8 Å². The fraction of sp³-hybridized carbons (Fsp3) is 0.400. The van der Waals surface area contributed by atoms with Crippen molar-refractivity contribution in [2.45, 2.75) is 17.4 Å². The molecule has 2 aromatic rings. The average molecular weight is 349 g/mol. The first-order valence-corrected chi connectivity index (χ1v) is 8.99. The summed E-state index contributed by atoms with van der Waals surface area (Å²) in [7, 11) is 0.222. The maximum Gasteiger partial charge on any atom is 0.244 e. The van der Waals surface area contributed by atoms with Crippen molar-refractivity contribution in [1.82, 2.24) is 19.5 Å². The molecule has 0 aliphatic carbocycles. The largest absolute Gasteiger partial charge is 0.472 e. The van der Waals surface area contributed by atoms with E-state index in [9.17, 15) is 8.42 Å². The second kappa shape index (κ2) is 6.70. The molecule has 1 fully saturated rings. The Bertz CT molecular complexity index is 781. The molecule has 3 heterocycles. The van der Waals surface area contributed by atoms with Crippen molar-refractivity contribution >= 4 is 15.8 Å². The highest BCUT2D eigenvalue weighted by Gasteiger charge is 2.34. The van der Waals surface area contributed by atoms with Crippen LogP contribution in [0.25, 0.3) is 0 Å². The van der Waals surface area contributed by atoms with Gasteiger partial charge in [-0.2, -0.15) is 4.31 Å². The molecule has 0 aromatic carbocycles. The van der Waals surface area contributed by atoms with Gasteiger partial charge in [0.15, 0.2) is 5.82 Å². The van der Waals surface area contributed by atoms with Crippen molar-refractivity contribution in [3.05, 3.63) is 36.7 Å². The number of anilines is 1. The first kappa shape index (κ1) is 16.6. The molecule has 0 spiro atoms. The molecule has 8 nitrogen and oxygen atoms in total. The monoisotopic (exact) mass is 349 g/mol. The number of hydrogen-bond donors (Lipinski definition) is 0. The Morgan fingerprint density at radius 3 is 2.71 bits per heavy atom. The number of nitrogens with zero attached hydrogens (tertiary/aromatic N) is 5. The van der Waals surface area contributed by atoms with E-state index in [0.717, 1.165) is 5.82 Å². The summed E-state index contributed by atoms with van der Waals surface area (Å²) in [5.74, 6) is 1.13. The lowest BCUT2D eigenvalue weighted by atomic mass is 10.3. The lowest BCUT2D eigenvalue weighted by Gasteiger charge is -2.17. The van der Waals surface area contributed by atoms with E-state index in [-0.39, 0.29) is 17.5 Å². The summed E-state index contributed by atoms with van der Waals surface area (Å²) in [5, 5.41) is 8.06. The third kappa shape index (κ3) is 3.46. The second-order valence-corrected chi connectivity index (χ2v) is 7.64. The van der Waals surface area contributed by atoms with Crippen LogP contribution in [0, 0.1) is 0 Å². The molecule has 1 atom stereocenters. The van der Waals surface area contributed by atoms with Crippen LogP contribution in [0.4, 0.5) is 5.82 Å². The fourth-order valence-corrected chi connectivity index (χ4v) is 3.90. The predicted molar refractivity (Wildman–Crippen MR) is 88.4 cm³/mol. The Labute approximate surface area is 141 Å². The Morgan fingerprint density at radius 1 is 1.25 bits per heavy atom. The summed E-state index contributed by atoms with van der Waals surface area (Å²) in [4.78, 5) is 5.91. The van der Waals surface area contributed by atoms with Crippen LogP contribution in [0.5, 0.6) is 5.88 Å². The molecule has 2 aromatic heterocycles. The highest BCUT2D eigenvalue weighted by atomic mass is 32.2. The lowest BCUT2D eigenvalue weighted by Crippen LogP contribution is -2.31. The smallest absolute Gasteiger partial charge is 0.244 e. The fourth-order valence-electron chi connectivity index (χ4n) is 2.45. The van der Waals surface area contributed by atoms with Crippen LogP contribution in [0.1, 0.15) is 6.42 Å². The van der Waals surface area contributed by atoms with Crippen LogP contribution < -0.4 is 9.64 Å². The molecular weight excluding hydrogens is 330 g/mol. The Balaban J connectivity index is 1.65. The van der Waals surface area contributed by atoms with Gasteiger partial charge in [0.25, 0.3) is 0 Å². The quantitative estimate of drug-likeness (QED) is 0.788. The summed E-state index contributed by atoms with van der Waals surface area (Å²) in [6.07, 6.45) is 3.27. The minimum atomic E-state index is -3.53. The predicted octanol–water partition coefficient (Wildman–Crippen LogP) is 0.780. The Hall–Kier alpha value is -2.26. The number of hydrogen-bond acceptors (Lipinski definition) is 7. The number of aromatic nitrogens is 3. The maximum atomic E-state index is 12.5. The van der Waals surface area contributed by atoms with Crippen LogP contribution in [-0.2, 0) is 10.0 Å². The molecule has 9 heteroatoms. The highest BCUT2D eigenvalue weighted by molar-refractivity contribution is 7.89. The average Bonchev–Trinajstić information content (AvgIpc) is 3.05. The van der Waals surface area contributed by atoms with Crippen LogP contribution >= 0.6 is 0 Å². The molecule has 0 radical (unpaired) electrons. The molecule has 0 bridgehead atoms. The van der Waals surface area contributed by atoms with Crippen LogP contribution in [-0.4, -0.2) is 61.2 Å². The van der Waals surface area contributed by atoms with E-state index >= 15 is 0 Å². The van der Waals surface area contributed by atoms with Crippen molar-refractivity contribution in [1.29, 1.82) is 0 Å². The summed E-state index contributed by atoms with van der Waals surface area (Å²) >= 11 is 0. The van der Waals surface area contributed by atoms with Crippen LogP contribution in [0.15, 0.2) is 41.6 Å². The lowest BCUT2D eigenvalue weighted by molar-refractivity contribution is 0.204.